The number of carbonyl (C=O) groups is 1. The minimum atomic E-state index is -4.99. The fraction of sp³-hybridized carbons (Fsp3) is 0.857. The molecule has 1 rings (SSSR count). The largest absolute Gasteiger partial charge is 0.471 e. The molecule has 0 spiro atoms. The zero-order valence-electron chi connectivity index (χ0n) is 7.14. The lowest BCUT2D eigenvalue weighted by molar-refractivity contribution is -0.175. The number of hydrogen-bond donors (Lipinski definition) is 3. The van der Waals surface area contributed by atoms with Crippen LogP contribution in [0.25, 0.3) is 0 Å². The number of nitrogens with one attached hydrogen (secondary N) is 1. The lowest BCUT2D eigenvalue weighted by Crippen LogP contribution is -2.51. The van der Waals surface area contributed by atoms with E-state index in [1.54, 1.807) is 5.32 Å². The summed E-state index contributed by atoms with van der Waals surface area (Å²) in [6.45, 7) is -0.710. The Balaban J connectivity index is 2.53. The third-order valence-corrected chi connectivity index (χ3v) is 2.16. The van der Waals surface area contributed by atoms with Crippen molar-refractivity contribution >= 4 is 5.91 Å². The Morgan fingerprint density at radius 3 is 2.29 bits per heavy atom. The quantitative estimate of drug-likeness (QED) is 0.594. The molecule has 1 aliphatic rings. The number of hydrogen-bond acceptors (Lipinski definition) is 3. The maximum absolute atomic E-state index is 11.8. The minimum absolute atomic E-state index is 0.288. The van der Waals surface area contributed by atoms with Crippen LogP contribution in [0.3, 0.4) is 0 Å². The van der Waals surface area contributed by atoms with Gasteiger partial charge in [-0.25, -0.2) is 0 Å². The summed E-state index contributed by atoms with van der Waals surface area (Å²) in [5.74, 6) is -2.14. The molecule has 1 atom stereocenters. The van der Waals surface area contributed by atoms with Gasteiger partial charge < -0.3 is 15.5 Å². The maximum Gasteiger partial charge on any atom is 0.471 e. The summed E-state index contributed by atoms with van der Waals surface area (Å²) in [5.41, 5.74) is -1.37. The summed E-state index contributed by atoms with van der Waals surface area (Å²) in [5, 5.41) is 19.6. The summed E-state index contributed by atoms with van der Waals surface area (Å²) in [4.78, 5) is 10.4. The summed E-state index contributed by atoms with van der Waals surface area (Å²) >= 11 is 0. The zero-order chi connectivity index (χ0) is 11.0. The van der Waals surface area contributed by atoms with E-state index < -0.39 is 30.3 Å². The first-order valence-corrected chi connectivity index (χ1v) is 4.00. The predicted octanol–water partition coefficient (Wildman–Crippen LogP) is -0.449. The van der Waals surface area contributed by atoms with Crippen LogP contribution >= 0.6 is 0 Å². The molecule has 0 aliphatic heterocycles. The van der Waals surface area contributed by atoms with Gasteiger partial charge in [-0.2, -0.15) is 13.2 Å². The SMILES string of the molecule is O=C(N[C@H](CO)C1(O)CC1)C(F)(F)F. The second kappa shape index (κ2) is 3.39. The van der Waals surface area contributed by atoms with Crippen molar-refractivity contribution in [3.63, 3.8) is 0 Å². The van der Waals surface area contributed by atoms with Crippen LogP contribution in [-0.4, -0.2) is 40.5 Å². The van der Waals surface area contributed by atoms with Crippen LogP contribution in [0.4, 0.5) is 13.2 Å². The standard InChI is InChI=1S/C7H10F3NO3/c8-7(9,10)5(13)11-4(3-12)6(14)1-2-6/h4,12,14H,1-3H2,(H,11,13)/t4-/m1/s1. The highest BCUT2D eigenvalue weighted by Gasteiger charge is 2.50. The summed E-state index contributed by atoms with van der Waals surface area (Å²) in [6, 6.07) is -1.24. The molecule has 1 saturated carbocycles. The number of rotatable bonds is 3. The fourth-order valence-corrected chi connectivity index (χ4v) is 1.07. The van der Waals surface area contributed by atoms with Crippen LogP contribution in [0.2, 0.25) is 0 Å². The predicted molar refractivity (Wildman–Crippen MR) is 39.3 cm³/mol. The molecule has 3 N–H and O–H groups in total. The zero-order valence-corrected chi connectivity index (χ0v) is 7.14. The van der Waals surface area contributed by atoms with Crippen molar-refractivity contribution in [1.29, 1.82) is 0 Å². The van der Waals surface area contributed by atoms with Crippen molar-refractivity contribution in [2.45, 2.75) is 30.7 Å². The van der Waals surface area contributed by atoms with Gasteiger partial charge in [-0.3, -0.25) is 4.79 Å². The van der Waals surface area contributed by atoms with Gasteiger partial charge in [-0.05, 0) is 12.8 Å². The highest BCUT2D eigenvalue weighted by Crippen LogP contribution is 2.38. The van der Waals surface area contributed by atoms with Crippen LogP contribution in [-0.2, 0) is 4.79 Å². The van der Waals surface area contributed by atoms with Crippen molar-refractivity contribution in [3.05, 3.63) is 0 Å². The Morgan fingerprint density at radius 2 is 2.00 bits per heavy atom. The van der Waals surface area contributed by atoms with E-state index in [1.807, 2.05) is 0 Å². The van der Waals surface area contributed by atoms with Crippen LogP contribution < -0.4 is 5.32 Å². The Morgan fingerprint density at radius 1 is 1.50 bits per heavy atom. The number of alkyl halides is 3. The molecule has 1 fully saturated rings. The monoisotopic (exact) mass is 213 g/mol. The van der Waals surface area contributed by atoms with Gasteiger partial charge in [0, 0.05) is 0 Å². The molecule has 4 nitrogen and oxygen atoms in total. The normalized spacial score (nSPS) is 21.5. The lowest BCUT2D eigenvalue weighted by atomic mass is 10.1. The van der Waals surface area contributed by atoms with E-state index in [0.717, 1.165) is 0 Å². The molecule has 1 aliphatic carbocycles. The van der Waals surface area contributed by atoms with Crippen molar-refractivity contribution in [3.8, 4) is 0 Å². The molecule has 0 bridgehead atoms. The third-order valence-electron chi connectivity index (χ3n) is 2.16. The molecule has 0 radical (unpaired) electrons. The first kappa shape index (κ1) is 11.3. The first-order chi connectivity index (χ1) is 6.29. The Hall–Kier alpha value is -0.820. The van der Waals surface area contributed by atoms with Gasteiger partial charge in [0.15, 0.2) is 0 Å². The molecule has 7 heteroatoms. The van der Waals surface area contributed by atoms with Crippen LogP contribution in [0.15, 0.2) is 0 Å². The fourth-order valence-electron chi connectivity index (χ4n) is 1.07. The molecule has 0 heterocycles. The second-order valence-electron chi connectivity index (χ2n) is 3.31. The molecule has 82 valence electrons. The average Bonchev–Trinajstić information content (AvgIpc) is 2.78. The molecule has 1 amide bonds. The smallest absolute Gasteiger partial charge is 0.394 e. The van der Waals surface area contributed by atoms with Crippen molar-refractivity contribution in [1.82, 2.24) is 5.32 Å². The molecule has 0 saturated heterocycles. The molecule has 0 unspecified atom stereocenters. The van der Waals surface area contributed by atoms with Crippen molar-refractivity contribution < 1.29 is 28.2 Å². The highest BCUT2D eigenvalue weighted by molar-refractivity contribution is 5.82. The lowest BCUT2D eigenvalue weighted by Gasteiger charge is -2.21. The Labute approximate surface area is 77.7 Å². The van der Waals surface area contributed by atoms with Gasteiger partial charge in [0.2, 0.25) is 0 Å². The highest BCUT2D eigenvalue weighted by atomic mass is 19.4. The van der Waals surface area contributed by atoms with Crippen molar-refractivity contribution in [2.75, 3.05) is 6.61 Å². The number of halogens is 3. The molecular formula is C7H10F3NO3. The molecule has 0 aromatic rings. The average molecular weight is 213 g/mol. The van der Waals surface area contributed by atoms with E-state index in [9.17, 15) is 23.1 Å². The molecule has 0 aromatic heterocycles. The van der Waals surface area contributed by atoms with Gasteiger partial charge in [0.05, 0.1) is 18.2 Å². The van der Waals surface area contributed by atoms with E-state index in [0.29, 0.717) is 0 Å². The van der Waals surface area contributed by atoms with Gasteiger partial charge >= 0.3 is 12.1 Å². The van der Waals surface area contributed by atoms with Crippen molar-refractivity contribution in [2.24, 2.45) is 0 Å². The molecule has 0 aromatic carbocycles. The maximum atomic E-state index is 11.8. The second-order valence-corrected chi connectivity index (χ2v) is 3.31. The van der Waals surface area contributed by atoms with Gasteiger partial charge in [-0.1, -0.05) is 0 Å². The summed E-state index contributed by atoms with van der Waals surface area (Å²) in [7, 11) is 0. The Bertz CT molecular complexity index is 237. The van der Waals surface area contributed by atoms with Gasteiger partial charge in [0.1, 0.15) is 0 Å². The number of amides is 1. The molecule has 14 heavy (non-hydrogen) atoms. The van der Waals surface area contributed by atoms with Crippen LogP contribution in [0.5, 0.6) is 0 Å². The topological polar surface area (TPSA) is 69.6 Å². The number of aliphatic hydroxyl groups is 2. The van der Waals surface area contributed by atoms with Crippen LogP contribution in [0, 0.1) is 0 Å². The van der Waals surface area contributed by atoms with Gasteiger partial charge in [0.25, 0.3) is 0 Å². The van der Waals surface area contributed by atoms with Crippen LogP contribution in [0.1, 0.15) is 12.8 Å². The first-order valence-electron chi connectivity index (χ1n) is 4.00. The van der Waals surface area contributed by atoms with E-state index in [4.69, 9.17) is 5.11 Å². The van der Waals surface area contributed by atoms with Gasteiger partial charge in [-0.15, -0.1) is 0 Å². The van der Waals surface area contributed by atoms with E-state index >= 15 is 0 Å². The Kier molecular flexibility index (Phi) is 2.73. The van der Waals surface area contributed by atoms with E-state index in [-0.39, 0.29) is 12.8 Å². The third kappa shape index (κ3) is 2.36. The number of aliphatic hydroxyl groups excluding tert-OH is 1. The van der Waals surface area contributed by atoms with E-state index in [2.05, 4.69) is 0 Å². The summed E-state index contributed by atoms with van der Waals surface area (Å²) < 4.78 is 35.3. The number of carbonyl (C=O) groups excluding carboxylic acids is 1. The summed E-state index contributed by atoms with van der Waals surface area (Å²) in [6.07, 6.45) is -4.41. The van der Waals surface area contributed by atoms with E-state index in [1.165, 1.54) is 0 Å². The molecular weight excluding hydrogens is 203 g/mol. The minimum Gasteiger partial charge on any atom is -0.394 e.